The quantitative estimate of drug-likeness (QED) is 0.378. The molecular weight excluding hydrogens is 423 g/mol. The Bertz CT molecular complexity index is 543. The van der Waals surface area contributed by atoms with Crippen LogP contribution < -0.4 is 10.6 Å². The number of thiazole rings is 1. The van der Waals surface area contributed by atoms with E-state index in [4.69, 9.17) is 0 Å². The summed E-state index contributed by atoms with van der Waals surface area (Å²) in [4.78, 5) is 9.79. The van der Waals surface area contributed by atoms with E-state index in [1.54, 1.807) is 18.3 Å². The number of aryl methyl sites for hydroxylation is 1. The first-order chi connectivity index (χ1) is 9.46. The summed E-state index contributed by atoms with van der Waals surface area (Å²) < 4.78 is 22.8. The molecule has 0 aliphatic carbocycles. The lowest BCUT2D eigenvalue weighted by Crippen LogP contribution is -2.39. The molecule has 0 aromatic carbocycles. The van der Waals surface area contributed by atoms with Crippen molar-refractivity contribution in [3.8, 4) is 0 Å². The summed E-state index contributed by atoms with van der Waals surface area (Å²) in [6.45, 7) is 7.20. The fraction of sp³-hybridized carbons (Fsp3) is 0.667. The van der Waals surface area contributed by atoms with Crippen LogP contribution in [0, 0.1) is 6.92 Å². The first-order valence-corrected chi connectivity index (χ1v) is 9.24. The SMILES string of the molecule is CCNC(=NCc1ncc(C)s1)NCCS(=O)(=O)CC.I. The van der Waals surface area contributed by atoms with Gasteiger partial charge in [0, 0.05) is 29.9 Å². The van der Waals surface area contributed by atoms with Crippen molar-refractivity contribution in [2.45, 2.75) is 27.3 Å². The highest BCUT2D eigenvalue weighted by atomic mass is 127. The molecule has 9 heteroatoms. The van der Waals surface area contributed by atoms with Gasteiger partial charge in [-0.05, 0) is 13.8 Å². The van der Waals surface area contributed by atoms with E-state index in [1.807, 2.05) is 20.0 Å². The van der Waals surface area contributed by atoms with E-state index in [9.17, 15) is 8.42 Å². The lowest BCUT2D eigenvalue weighted by Gasteiger charge is -2.10. The Morgan fingerprint density at radius 1 is 1.38 bits per heavy atom. The highest BCUT2D eigenvalue weighted by Crippen LogP contribution is 2.11. The lowest BCUT2D eigenvalue weighted by molar-refractivity contribution is 0.595. The predicted octanol–water partition coefficient (Wildman–Crippen LogP) is 1.56. The number of guanidine groups is 1. The zero-order chi connectivity index (χ0) is 15.0. The maximum atomic E-state index is 11.4. The summed E-state index contributed by atoms with van der Waals surface area (Å²) in [6, 6.07) is 0. The van der Waals surface area contributed by atoms with Crippen molar-refractivity contribution in [1.29, 1.82) is 0 Å². The second-order valence-electron chi connectivity index (χ2n) is 4.22. The third-order valence-corrected chi connectivity index (χ3v) is 5.13. The van der Waals surface area contributed by atoms with Crippen LogP contribution in [0.2, 0.25) is 0 Å². The number of hydrogen-bond donors (Lipinski definition) is 2. The van der Waals surface area contributed by atoms with E-state index in [0.29, 0.717) is 19.0 Å². The molecule has 1 heterocycles. The molecule has 0 radical (unpaired) electrons. The molecule has 21 heavy (non-hydrogen) atoms. The second-order valence-corrected chi connectivity index (χ2v) is 8.02. The Labute approximate surface area is 147 Å². The fourth-order valence-corrected chi connectivity index (χ4v) is 2.85. The molecule has 0 bridgehead atoms. The van der Waals surface area contributed by atoms with Crippen LogP contribution in [0.1, 0.15) is 23.7 Å². The van der Waals surface area contributed by atoms with Gasteiger partial charge in [0.15, 0.2) is 15.8 Å². The van der Waals surface area contributed by atoms with Crippen molar-refractivity contribution in [2.24, 2.45) is 4.99 Å². The van der Waals surface area contributed by atoms with Gasteiger partial charge in [0.25, 0.3) is 0 Å². The smallest absolute Gasteiger partial charge is 0.191 e. The Kier molecular flexibility index (Phi) is 10.1. The average Bonchev–Trinajstić information content (AvgIpc) is 2.81. The highest BCUT2D eigenvalue weighted by Gasteiger charge is 2.07. The van der Waals surface area contributed by atoms with Crippen LogP contribution >= 0.6 is 35.3 Å². The molecule has 0 spiro atoms. The lowest BCUT2D eigenvalue weighted by atomic mass is 10.6. The number of nitrogens with one attached hydrogen (secondary N) is 2. The normalized spacial score (nSPS) is 11.9. The molecule has 6 nitrogen and oxygen atoms in total. The highest BCUT2D eigenvalue weighted by molar-refractivity contribution is 14.0. The van der Waals surface area contributed by atoms with Crippen LogP contribution in [0.5, 0.6) is 0 Å². The molecule has 0 fully saturated rings. The number of nitrogens with zero attached hydrogens (tertiary/aromatic N) is 2. The Morgan fingerprint density at radius 2 is 2.10 bits per heavy atom. The van der Waals surface area contributed by atoms with E-state index >= 15 is 0 Å². The van der Waals surface area contributed by atoms with Crippen molar-refractivity contribution in [3.63, 3.8) is 0 Å². The van der Waals surface area contributed by atoms with Crippen LogP contribution in [-0.4, -0.2) is 44.0 Å². The Balaban J connectivity index is 0.00000400. The van der Waals surface area contributed by atoms with Crippen LogP contribution in [0.25, 0.3) is 0 Å². The summed E-state index contributed by atoms with van der Waals surface area (Å²) in [5.74, 6) is 0.900. The minimum atomic E-state index is -2.95. The van der Waals surface area contributed by atoms with Crippen molar-refractivity contribution in [3.05, 3.63) is 16.1 Å². The zero-order valence-corrected chi connectivity index (χ0v) is 16.5. The van der Waals surface area contributed by atoms with Crippen LogP contribution in [0.4, 0.5) is 0 Å². The monoisotopic (exact) mass is 446 g/mol. The molecule has 0 saturated carbocycles. The molecule has 0 atom stereocenters. The van der Waals surface area contributed by atoms with Gasteiger partial charge in [-0.25, -0.2) is 18.4 Å². The van der Waals surface area contributed by atoms with Gasteiger partial charge in [0.05, 0.1) is 12.3 Å². The van der Waals surface area contributed by atoms with Gasteiger partial charge in [-0.15, -0.1) is 35.3 Å². The van der Waals surface area contributed by atoms with Gasteiger partial charge in [0.2, 0.25) is 0 Å². The molecule has 0 saturated heterocycles. The van der Waals surface area contributed by atoms with E-state index in [2.05, 4.69) is 20.6 Å². The van der Waals surface area contributed by atoms with Gasteiger partial charge in [-0.1, -0.05) is 6.92 Å². The first kappa shape index (κ1) is 20.6. The summed E-state index contributed by atoms with van der Waals surface area (Å²) in [5, 5.41) is 7.05. The molecule has 0 aliphatic rings. The number of halogens is 1. The number of aliphatic imine (C=N–C) groups is 1. The molecule has 1 aromatic heterocycles. The standard InChI is InChI=1S/C12H22N4O2S2.HI/c1-4-13-12(14-6-7-20(17,18)5-2)16-9-11-15-8-10(3)19-11;/h8H,4-7,9H2,1-3H3,(H2,13,14,16);1H. The first-order valence-electron chi connectivity index (χ1n) is 6.60. The predicted molar refractivity (Wildman–Crippen MR) is 99.4 cm³/mol. The van der Waals surface area contributed by atoms with Gasteiger partial charge < -0.3 is 10.6 Å². The van der Waals surface area contributed by atoms with E-state index in [0.717, 1.165) is 16.4 Å². The van der Waals surface area contributed by atoms with Crippen molar-refractivity contribution in [2.75, 3.05) is 24.6 Å². The van der Waals surface area contributed by atoms with E-state index < -0.39 is 9.84 Å². The molecule has 0 amide bonds. The molecule has 1 aromatic rings. The van der Waals surface area contributed by atoms with Crippen molar-refractivity contribution in [1.82, 2.24) is 15.6 Å². The van der Waals surface area contributed by atoms with Gasteiger partial charge in [-0.3, -0.25) is 0 Å². The topological polar surface area (TPSA) is 83.4 Å². The van der Waals surface area contributed by atoms with E-state index in [-0.39, 0.29) is 35.5 Å². The number of sulfone groups is 1. The van der Waals surface area contributed by atoms with Crippen LogP contribution in [0.3, 0.4) is 0 Å². The molecule has 0 aliphatic heterocycles. The summed E-state index contributed by atoms with van der Waals surface area (Å²) in [5.41, 5.74) is 0. The molecule has 122 valence electrons. The molecular formula is C12H23IN4O2S2. The van der Waals surface area contributed by atoms with Crippen LogP contribution in [0.15, 0.2) is 11.2 Å². The summed E-state index contributed by atoms with van der Waals surface area (Å²) >= 11 is 1.61. The van der Waals surface area contributed by atoms with E-state index in [1.165, 1.54) is 0 Å². The Morgan fingerprint density at radius 3 is 2.62 bits per heavy atom. The summed E-state index contributed by atoms with van der Waals surface area (Å²) in [7, 11) is -2.95. The number of rotatable bonds is 7. The zero-order valence-electron chi connectivity index (χ0n) is 12.5. The van der Waals surface area contributed by atoms with Gasteiger partial charge in [0.1, 0.15) is 5.01 Å². The number of hydrogen-bond acceptors (Lipinski definition) is 5. The largest absolute Gasteiger partial charge is 0.357 e. The maximum absolute atomic E-state index is 11.4. The third-order valence-electron chi connectivity index (χ3n) is 2.53. The molecule has 2 N–H and O–H groups in total. The minimum absolute atomic E-state index is 0. The molecule has 0 unspecified atom stereocenters. The van der Waals surface area contributed by atoms with Crippen molar-refractivity contribution < 1.29 is 8.42 Å². The fourth-order valence-electron chi connectivity index (χ4n) is 1.43. The summed E-state index contributed by atoms with van der Waals surface area (Å²) in [6.07, 6.45) is 1.82. The van der Waals surface area contributed by atoms with Crippen LogP contribution in [-0.2, 0) is 16.4 Å². The average molecular weight is 446 g/mol. The third kappa shape index (κ3) is 8.57. The number of aromatic nitrogens is 1. The maximum Gasteiger partial charge on any atom is 0.191 e. The minimum Gasteiger partial charge on any atom is -0.357 e. The van der Waals surface area contributed by atoms with Gasteiger partial charge >= 0.3 is 0 Å². The Hall–Kier alpha value is -0.420. The second kappa shape index (κ2) is 10.3. The van der Waals surface area contributed by atoms with Crippen molar-refractivity contribution >= 4 is 51.1 Å². The van der Waals surface area contributed by atoms with Gasteiger partial charge in [-0.2, -0.15) is 0 Å². The molecule has 1 rings (SSSR count).